The Labute approximate surface area is 311 Å². The Hall–Kier alpha value is -6.14. The van der Waals surface area contributed by atoms with Gasteiger partial charge in [-0.1, -0.05) is 111 Å². The van der Waals surface area contributed by atoms with Crippen molar-refractivity contribution >= 4 is 23.2 Å². The van der Waals surface area contributed by atoms with Gasteiger partial charge in [-0.2, -0.15) is 0 Å². The van der Waals surface area contributed by atoms with Gasteiger partial charge in [-0.25, -0.2) is 0 Å². The van der Waals surface area contributed by atoms with Gasteiger partial charge in [0.2, 0.25) is 0 Å². The summed E-state index contributed by atoms with van der Waals surface area (Å²) in [7, 11) is 0. The fourth-order valence-electron chi connectivity index (χ4n) is 7.43. The third kappa shape index (κ3) is 7.05. The molecule has 0 bridgehead atoms. The van der Waals surface area contributed by atoms with E-state index in [1.165, 1.54) is 22.3 Å². The van der Waals surface area contributed by atoms with Crippen molar-refractivity contribution in [3.8, 4) is 22.6 Å². The summed E-state index contributed by atoms with van der Waals surface area (Å²) in [6.45, 7) is 7.89. The van der Waals surface area contributed by atoms with Gasteiger partial charge >= 0.3 is 0 Å². The van der Waals surface area contributed by atoms with E-state index < -0.39 is 17.6 Å². The topological polar surface area (TPSA) is 76.7 Å². The lowest BCUT2D eigenvalue weighted by Gasteiger charge is -2.34. The highest BCUT2D eigenvalue weighted by molar-refractivity contribution is 5.95. The molecule has 2 unspecified atom stereocenters. The van der Waals surface area contributed by atoms with Crippen molar-refractivity contribution < 1.29 is 19.1 Å². The first-order valence-electron chi connectivity index (χ1n) is 18.3. The van der Waals surface area contributed by atoms with Crippen LogP contribution in [0.3, 0.4) is 0 Å². The van der Waals surface area contributed by atoms with Crippen molar-refractivity contribution in [1.82, 2.24) is 0 Å². The lowest BCUT2D eigenvalue weighted by atomic mass is 9.67. The molecule has 0 saturated heterocycles. The zero-order valence-corrected chi connectivity index (χ0v) is 30.6. The van der Waals surface area contributed by atoms with Gasteiger partial charge in [-0.05, 0) is 120 Å². The lowest BCUT2D eigenvalue weighted by molar-refractivity contribution is -0.123. The van der Waals surface area contributed by atoms with Crippen LogP contribution in [-0.2, 0) is 15.0 Å². The average Bonchev–Trinajstić information content (AvgIpc) is 3.47. The van der Waals surface area contributed by atoms with Crippen molar-refractivity contribution in [2.45, 2.75) is 58.2 Å². The lowest BCUT2D eigenvalue weighted by Crippen LogP contribution is -2.32. The van der Waals surface area contributed by atoms with Crippen LogP contribution < -0.4 is 20.1 Å². The Balaban J connectivity index is 1.19. The number of ether oxygens (including phenoxy) is 2. The summed E-state index contributed by atoms with van der Waals surface area (Å²) in [5.74, 6) is 0.962. The number of aryl methyl sites for hydroxylation is 2. The van der Waals surface area contributed by atoms with Crippen LogP contribution in [0.2, 0.25) is 0 Å². The molecule has 2 atom stereocenters. The highest BCUT2D eigenvalue weighted by Crippen LogP contribution is 2.56. The number of anilines is 2. The quantitative estimate of drug-likeness (QED) is 0.133. The standard InChI is InChI=1S/C47H44N2O4/c1-5-43(52-37-15-11-13-31(3)29-37)45(50)48-35-25-21-33(22-26-35)47(41-19-9-7-17-39(41)40-18-8-10-20-42(40)47)34-23-27-36(28-24-34)49-46(51)44(6-2)53-38-16-12-14-32(4)30-38/h7-30,43-44H,5-6H2,1-4H3,(H,48,50)(H,49,51). The van der Waals surface area contributed by atoms with Crippen molar-refractivity contribution in [3.05, 3.63) is 179 Å². The largest absolute Gasteiger partial charge is 0.481 e. The summed E-state index contributed by atoms with van der Waals surface area (Å²) in [4.78, 5) is 26.8. The maximum atomic E-state index is 13.4. The maximum Gasteiger partial charge on any atom is 0.265 e. The minimum Gasteiger partial charge on any atom is -0.481 e. The normalized spacial score (nSPS) is 13.6. The van der Waals surface area contributed by atoms with Crippen LogP contribution in [0.1, 0.15) is 60.1 Å². The SMILES string of the molecule is CCC(Oc1cccc(C)c1)C(=O)Nc1ccc(C2(c3ccc(NC(=O)C(CC)Oc4cccc(C)c4)cc3)c3ccccc3-c3ccccc32)cc1. The molecule has 2 N–H and O–H groups in total. The van der Waals surface area contributed by atoms with E-state index in [0.29, 0.717) is 35.7 Å². The number of benzene rings is 6. The van der Waals surface area contributed by atoms with Gasteiger partial charge in [-0.3, -0.25) is 9.59 Å². The number of amides is 2. The molecule has 0 aliphatic heterocycles. The van der Waals surface area contributed by atoms with Gasteiger partial charge in [0.25, 0.3) is 11.8 Å². The summed E-state index contributed by atoms with van der Waals surface area (Å²) in [6, 6.07) is 48.8. The predicted molar refractivity (Wildman–Crippen MR) is 213 cm³/mol. The van der Waals surface area contributed by atoms with Crippen LogP contribution in [0.4, 0.5) is 11.4 Å². The smallest absolute Gasteiger partial charge is 0.265 e. The Morgan fingerprint density at radius 1 is 0.528 bits per heavy atom. The Morgan fingerprint density at radius 3 is 1.30 bits per heavy atom. The van der Waals surface area contributed by atoms with Gasteiger partial charge in [0, 0.05) is 11.4 Å². The van der Waals surface area contributed by atoms with Crippen LogP contribution in [0.25, 0.3) is 11.1 Å². The van der Waals surface area contributed by atoms with Gasteiger partial charge < -0.3 is 20.1 Å². The van der Waals surface area contributed by atoms with Crippen LogP contribution in [0, 0.1) is 13.8 Å². The van der Waals surface area contributed by atoms with Gasteiger partial charge in [0.05, 0.1) is 5.41 Å². The molecule has 6 heteroatoms. The molecule has 0 spiro atoms. The molecule has 0 fully saturated rings. The van der Waals surface area contributed by atoms with Crippen molar-refractivity contribution in [3.63, 3.8) is 0 Å². The second kappa shape index (κ2) is 15.2. The number of hydrogen-bond acceptors (Lipinski definition) is 4. The molecule has 6 aromatic carbocycles. The molecular formula is C47H44N2O4. The fourth-order valence-corrected chi connectivity index (χ4v) is 7.43. The number of carbonyl (C=O) groups excluding carboxylic acids is 2. The zero-order chi connectivity index (χ0) is 37.0. The molecule has 1 aliphatic rings. The molecule has 0 saturated carbocycles. The zero-order valence-electron chi connectivity index (χ0n) is 30.6. The van der Waals surface area contributed by atoms with E-state index in [1.54, 1.807) is 0 Å². The third-order valence-corrected chi connectivity index (χ3v) is 9.99. The van der Waals surface area contributed by atoms with Crippen molar-refractivity contribution in [2.24, 2.45) is 0 Å². The molecule has 1 aliphatic carbocycles. The first-order chi connectivity index (χ1) is 25.8. The molecule has 2 amide bonds. The third-order valence-electron chi connectivity index (χ3n) is 9.99. The van der Waals surface area contributed by atoms with E-state index in [0.717, 1.165) is 22.3 Å². The Bertz CT molecular complexity index is 2080. The number of fused-ring (bicyclic) bond motifs is 3. The highest BCUT2D eigenvalue weighted by Gasteiger charge is 2.45. The summed E-state index contributed by atoms with van der Waals surface area (Å²) >= 11 is 0. The first kappa shape index (κ1) is 35.3. The van der Waals surface area contributed by atoms with Crippen LogP contribution in [-0.4, -0.2) is 24.0 Å². The summed E-state index contributed by atoms with van der Waals surface area (Å²) in [5, 5.41) is 6.16. The van der Waals surface area contributed by atoms with E-state index in [-0.39, 0.29) is 11.8 Å². The molecule has 266 valence electrons. The molecule has 0 aromatic heterocycles. The Morgan fingerprint density at radius 2 is 0.925 bits per heavy atom. The highest BCUT2D eigenvalue weighted by atomic mass is 16.5. The van der Waals surface area contributed by atoms with Gasteiger partial charge in [0.1, 0.15) is 11.5 Å². The van der Waals surface area contributed by atoms with E-state index in [9.17, 15) is 9.59 Å². The molecule has 53 heavy (non-hydrogen) atoms. The van der Waals surface area contributed by atoms with Crippen molar-refractivity contribution in [2.75, 3.05) is 10.6 Å². The summed E-state index contributed by atoms with van der Waals surface area (Å²) in [5.41, 5.74) is 9.71. The summed E-state index contributed by atoms with van der Waals surface area (Å²) < 4.78 is 12.1. The minimum atomic E-state index is -0.640. The monoisotopic (exact) mass is 700 g/mol. The van der Waals surface area contributed by atoms with Gasteiger partial charge in [0.15, 0.2) is 12.2 Å². The number of nitrogens with one attached hydrogen (secondary N) is 2. The fraction of sp³-hybridized carbons (Fsp3) is 0.191. The minimum absolute atomic E-state index is 0.194. The van der Waals surface area contributed by atoms with Crippen molar-refractivity contribution in [1.29, 1.82) is 0 Å². The van der Waals surface area contributed by atoms with E-state index in [1.807, 2.05) is 100 Å². The van der Waals surface area contributed by atoms with E-state index in [4.69, 9.17) is 9.47 Å². The second-order valence-electron chi connectivity index (χ2n) is 13.6. The second-order valence-corrected chi connectivity index (χ2v) is 13.6. The first-order valence-corrected chi connectivity index (χ1v) is 18.3. The molecule has 6 nitrogen and oxygen atoms in total. The molecule has 0 radical (unpaired) electrons. The number of carbonyl (C=O) groups is 2. The van der Waals surface area contributed by atoms with Crippen LogP contribution >= 0.6 is 0 Å². The number of hydrogen-bond donors (Lipinski definition) is 2. The molecule has 0 heterocycles. The molecule has 6 aromatic rings. The van der Waals surface area contributed by atoms with Gasteiger partial charge in [-0.15, -0.1) is 0 Å². The molecular weight excluding hydrogens is 657 g/mol. The van der Waals surface area contributed by atoms with Crippen LogP contribution in [0.5, 0.6) is 11.5 Å². The maximum absolute atomic E-state index is 13.4. The summed E-state index contributed by atoms with van der Waals surface area (Å²) in [6.07, 6.45) is -0.192. The number of rotatable bonds is 12. The average molecular weight is 701 g/mol. The Kier molecular flexibility index (Phi) is 10.1. The van der Waals surface area contributed by atoms with E-state index in [2.05, 4.69) is 83.4 Å². The van der Waals surface area contributed by atoms with Crippen LogP contribution in [0.15, 0.2) is 146 Å². The van der Waals surface area contributed by atoms with E-state index >= 15 is 0 Å². The molecule has 7 rings (SSSR count). The predicted octanol–water partition coefficient (Wildman–Crippen LogP) is 10.3.